The summed E-state index contributed by atoms with van der Waals surface area (Å²) < 4.78 is 0. The van der Waals surface area contributed by atoms with Gasteiger partial charge in [-0.25, -0.2) is 4.79 Å². The molecule has 1 heterocycles. The van der Waals surface area contributed by atoms with Gasteiger partial charge in [0.25, 0.3) is 0 Å². The van der Waals surface area contributed by atoms with Gasteiger partial charge in [0.1, 0.15) is 0 Å². The normalized spacial score (nSPS) is 10.1. The topological polar surface area (TPSA) is 75.1 Å². The van der Waals surface area contributed by atoms with Crippen molar-refractivity contribution in [1.82, 2.24) is 10.2 Å². The summed E-state index contributed by atoms with van der Waals surface area (Å²) in [6, 6.07) is 8.88. The molecule has 1 aromatic heterocycles. The molecule has 0 fully saturated rings. The van der Waals surface area contributed by atoms with Crippen LogP contribution in [0.3, 0.4) is 0 Å². The fourth-order valence-corrected chi connectivity index (χ4v) is 1.60. The number of carboxylic acid groups (broad SMARTS) is 1. The van der Waals surface area contributed by atoms with Crippen LogP contribution in [0, 0.1) is 6.92 Å². The van der Waals surface area contributed by atoms with Crippen LogP contribution in [0.5, 0.6) is 0 Å². The number of nitrogens with one attached hydrogen (secondary N) is 1. The number of nitrogens with zero attached hydrogens (tertiary/aromatic N) is 2. The number of hydrogen-bond acceptors (Lipinski definition) is 4. The molecule has 5 nitrogen and oxygen atoms in total. The number of anilines is 1. The predicted octanol–water partition coefficient (Wildman–Crippen LogP) is 2.10. The van der Waals surface area contributed by atoms with E-state index in [1.807, 2.05) is 19.1 Å². The quantitative estimate of drug-likeness (QED) is 0.860. The van der Waals surface area contributed by atoms with Crippen LogP contribution in [0.25, 0.3) is 0 Å². The third kappa shape index (κ3) is 2.82. The van der Waals surface area contributed by atoms with Gasteiger partial charge in [0.2, 0.25) is 0 Å². The summed E-state index contributed by atoms with van der Waals surface area (Å²) in [5, 5.41) is 19.9. The van der Waals surface area contributed by atoms with E-state index in [9.17, 15) is 4.79 Å². The lowest BCUT2D eigenvalue weighted by atomic mass is 10.1. The molecule has 0 atom stereocenters. The zero-order chi connectivity index (χ0) is 13.0. The average molecular weight is 243 g/mol. The van der Waals surface area contributed by atoms with E-state index in [-0.39, 0.29) is 5.56 Å². The molecule has 0 amide bonds. The van der Waals surface area contributed by atoms with Gasteiger partial charge in [0.15, 0.2) is 0 Å². The van der Waals surface area contributed by atoms with Gasteiger partial charge in [-0.2, -0.15) is 10.2 Å². The van der Waals surface area contributed by atoms with Gasteiger partial charge in [0.05, 0.1) is 17.8 Å². The van der Waals surface area contributed by atoms with Gasteiger partial charge in [-0.1, -0.05) is 11.6 Å². The zero-order valence-electron chi connectivity index (χ0n) is 9.92. The van der Waals surface area contributed by atoms with Crippen LogP contribution < -0.4 is 5.32 Å². The van der Waals surface area contributed by atoms with Crippen LogP contribution in [0.4, 0.5) is 5.69 Å². The van der Waals surface area contributed by atoms with Crippen molar-refractivity contribution in [2.45, 2.75) is 13.5 Å². The molecule has 0 bridgehead atoms. The Bertz CT molecular complexity index is 555. The van der Waals surface area contributed by atoms with Crippen molar-refractivity contribution in [2.75, 3.05) is 5.32 Å². The molecule has 5 heteroatoms. The second-order valence-electron chi connectivity index (χ2n) is 3.92. The molecule has 0 aliphatic rings. The molecule has 1 aromatic carbocycles. The van der Waals surface area contributed by atoms with E-state index < -0.39 is 5.97 Å². The average Bonchev–Trinajstić information content (AvgIpc) is 2.38. The first kappa shape index (κ1) is 12.0. The van der Waals surface area contributed by atoms with Crippen molar-refractivity contribution >= 4 is 11.7 Å². The maximum Gasteiger partial charge on any atom is 0.337 e. The lowest BCUT2D eigenvalue weighted by Gasteiger charge is -2.09. The molecule has 2 aromatic rings. The third-order valence-corrected chi connectivity index (χ3v) is 2.49. The van der Waals surface area contributed by atoms with Gasteiger partial charge < -0.3 is 10.4 Å². The number of benzene rings is 1. The Morgan fingerprint density at radius 1 is 1.39 bits per heavy atom. The van der Waals surface area contributed by atoms with E-state index >= 15 is 0 Å². The molecule has 0 aliphatic carbocycles. The van der Waals surface area contributed by atoms with Crippen LogP contribution in [0.2, 0.25) is 0 Å². The maximum absolute atomic E-state index is 11.1. The number of aryl methyl sites for hydroxylation is 1. The molecular formula is C13H13N3O2. The number of aromatic carboxylic acids is 1. The van der Waals surface area contributed by atoms with Crippen LogP contribution in [0.15, 0.2) is 36.5 Å². The first-order valence-electron chi connectivity index (χ1n) is 5.51. The highest BCUT2D eigenvalue weighted by atomic mass is 16.4. The number of carbonyl (C=O) groups is 1. The summed E-state index contributed by atoms with van der Waals surface area (Å²) in [6.45, 7) is 2.30. The van der Waals surface area contributed by atoms with Crippen LogP contribution >= 0.6 is 0 Å². The highest BCUT2D eigenvalue weighted by molar-refractivity contribution is 5.94. The summed E-state index contributed by atoms with van der Waals surface area (Å²) >= 11 is 0. The minimum Gasteiger partial charge on any atom is -0.478 e. The number of rotatable bonds is 4. The van der Waals surface area contributed by atoms with Gasteiger partial charge >= 0.3 is 5.97 Å². The molecule has 0 unspecified atom stereocenters. The van der Waals surface area contributed by atoms with Gasteiger partial charge in [0, 0.05) is 11.9 Å². The Morgan fingerprint density at radius 2 is 2.22 bits per heavy atom. The van der Waals surface area contributed by atoms with Gasteiger partial charge in [-0.3, -0.25) is 0 Å². The van der Waals surface area contributed by atoms with Crippen LogP contribution in [0.1, 0.15) is 21.6 Å². The summed E-state index contributed by atoms with van der Waals surface area (Å²) in [4.78, 5) is 11.1. The lowest BCUT2D eigenvalue weighted by molar-refractivity contribution is 0.0698. The summed E-state index contributed by atoms with van der Waals surface area (Å²) in [6.07, 6.45) is 1.60. The third-order valence-electron chi connectivity index (χ3n) is 2.49. The van der Waals surface area contributed by atoms with Crippen molar-refractivity contribution in [1.29, 1.82) is 0 Å². The second kappa shape index (κ2) is 5.27. The molecule has 0 spiro atoms. The standard InChI is InChI=1S/C13H13N3O2/c1-9-4-5-12(11(7-9)13(17)18)14-8-10-3-2-6-15-16-10/h2-7,14H,8H2,1H3,(H,17,18). The van der Waals surface area contributed by atoms with Crippen LogP contribution in [-0.2, 0) is 6.54 Å². The van der Waals surface area contributed by atoms with Gasteiger partial charge in [-0.05, 0) is 31.2 Å². The first-order chi connectivity index (χ1) is 8.66. The highest BCUT2D eigenvalue weighted by Crippen LogP contribution is 2.18. The van der Waals surface area contributed by atoms with E-state index in [1.165, 1.54) is 0 Å². The van der Waals surface area contributed by atoms with E-state index in [0.717, 1.165) is 11.3 Å². The Balaban J connectivity index is 2.17. The minimum absolute atomic E-state index is 0.263. The van der Waals surface area contributed by atoms with E-state index in [2.05, 4.69) is 15.5 Å². The van der Waals surface area contributed by atoms with E-state index in [1.54, 1.807) is 24.4 Å². The number of aromatic nitrogens is 2. The number of carboxylic acids is 1. The fourth-order valence-electron chi connectivity index (χ4n) is 1.60. The van der Waals surface area contributed by atoms with Crippen molar-refractivity contribution < 1.29 is 9.90 Å². The molecule has 18 heavy (non-hydrogen) atoms. The minimum atomic E-state index is -0.944. The fraction of sp³-hybridized carbons (Fsp3) is 0.154. The largest absolute Gasteiger partial charge is 0.478 e. The first-order valence-corrected chi connectivity index (χ1v) is 5.51. The Hall–Kier alpha value is -2.43. The lowest BCUT2D eigenvalue weighted by Crippen LogP contribution is -2.07. The Morgan fingerprint density at radius 3 is 2.89 bits per heavy atom. The summed E-state index contributed by atoms with van der Waals surface area (Å²) in [5.74, 6) is -0.944. The van der Waals surface area contributed by atoms with Crippen molar-refractivity contribution in [3.63, 3.8) is 0 Å². The van der Waals surface area contributed by atoms with Crippen molar-refractivity contribution in [3.05, 3.63) is 53.3 Å². The van der Waals surface area contributed by atoms with E-state index in [0.29, 0.717) is 12.2 Å². The zero-order valence-corrected chi connectivity index (χ0v) is 9.92. The van der Waals surface area contributed by atoms with Crippen molar-refractivity contribution in [3.8, 4) is 0 Å². The molecule has 2 rings (SSSR count). The van der Waals surface area contributed by atoms with Crippen LogP contribution in [-0.4, -0.2) is 21.3 Å². The summed E-state index contributed by atoms with van der Waals surface area (Å²) in [5.41, 5.74) is 2.52. The molecule has 0 aliphatic heterocycles. The summed E-state index contributed by atoms with van der Waals surface area (Å²) in [7, 11) is 0. The predicted molar refractivity (Wildman–Crippen MR) is 67.5 cm³/mol. The number of hydrogen-bond donors (Lipinski definition) is 2. The van der Waals surface area contributed by atoms with Gasteiger partial charge in [-0.15, -0.1) is 0 Å². The van der Waals surface area contributed by atoms with E-state index in [4.69, 9.17) is 5.11 Å². The SMILES string of the molecule is Cc1ccc(NCc2cccnn2)c(C(=O)O)c1. The maximum atomic E-state index is 11.1. The van der Waals surface area contributed by atoms with Crippen molar-refractivity contribution in [2.24, 2.45) is 0 Å². The highest BCUT2D eigenvalue weighted by Gasteiger charge is 2.09. The second-order valence-corrected chi connectivity index (χ2v) is 3.92. The Kier molecular flexibility index (Phi) is 3.52. The Labute approximate surface area is 104 Å². The molecule has 92 valence electrons. The monoisotopic (exact) mass is 243 g/mol. The smallest absolute Gasteiger partial charge is 0.337 e. The molecule has 0 saturated heterocycles. The molecule has 2 N–H and O–H groups in total. The molecule has 0 saturated carbocycles. The molecule has 0 radical (unpaired) electrons. The molecular weight excluding hydrogens is 230 g/mol.